The minimum absolute atomic E-state index is 0.175. The lowest BCUT2D eigenvalue weighted by Crippen LogP contribution is -2.25. The SMILES string of the molecule is C#CCCNC(=O)c1cc(C)ccc1N. The van der Waals surface area contributed by atoms with Crippen molar-refractivity contribution in [3.05, 3.63) is 29.3 Å². The first-order valence-corrected chi connectivity index (χ1v) is 4.73. The molecular formula is C12H14N2O. The van der Waals surface area contributed by atoms with Crippen molar-refractivity contribution in [2.24, 2.45) is 0 Å². The summed E-state index contributed by atoms with van der Waals surface area (Å²) < 4.78 is 0. The number of rotatable bonds is 3. The first kappa shape index (κ1) is 11.1. The quantitative estimate of drug-likeness (QED) is 0.441. The molecule has 0 aliphatic heterocycles. The van der Waals surface area contributed by atoms with Gasteiger partial charge in [-0.25, -0.2) is 0 Å². The molecule has 0 heterocycles. The van der Waals surface area contributed by atoms with E-state index in [0.29, 0.717) is 24.2 Å². The van der Waals surface area contributed by atoms with E-state index in [9.17, 15) is 4.79 Å². The summed E-state index contributed by atoms with van der Waals surface area (Å²) in [6.07, 6.45) is 5.61. The highest BCUT2D eigenvalue weighted by atomic mass is 16.1. The number of terminal acetylenes is 1. The molecule has 0 radical (unpaired) electrons. The molecule has 0 aliphatic rings. The Labute approximate surface area is 89.7 Å². The number of anilines is 1. The van der Waals surface area contributed by atoms with Crippen molar-refractivity contribution in [3.63, 3.8) is 0 Å². The molecule has 3 heteroatoms. The Bertz CT molecular complexity index is 405. The van der Waals surface area contributed by atoms with Crippen LogP contribution >= 0.6 is 0 Å². The van der Waals surface area contributed by atoms with Crippen LogP contribution in [-0.4, -0.2) is 12.5 Å². The second-order valence-corrected chi connectivity index (χ2v) is 3.30. The number of nitrogens with two attached hydrogens (primary N) is 1. The molecule has 0 spiro atoms. The van der Waals surface area contributed by atoms with Gasteiger partial charge in [0.05, 0.1) is 5.56 Å². The summed E-state index contributed by atoms with van der Waals surface area (Å²) in [7, 11) is 0. The molecule has 0 fully saturated rings. The summed E-state index contributed by atoms with van der Waals surface area (Å²) >= 11 is 0. The Balaban J connectivity index is 2.73. The van der Waals surface area contributed by atoms with Crippen molar-refractivity contribution in [3.8, 4) is 12.3 Å². The minimum Gasteiger partial charge on any atom is -0.398 e. The highest BCUT2D eigenvalue weighted by Gasteiger charge is 2.08. The normalized spacial score (nSPS) is 9.33. The molecular weight excluding hydrogens is 188 g/mol. The summed E-state index contributed by atoms with van der Waals surface area (Å²) in [5.74, 6) is 2.28. The van der Waals surface area contributed by atoms with Gasteiger partial charge in [-0.05, 0) is 19.1 Å². The Morgan fingerprint density at radius 2 is 2.33 bits per heavy atom. The topological polar surface area (TPSA) is 55.1 Å². The molecule has 3 nitrogen and oxygen atoms in total. The van der Waals surface area contributed by atoms with E-state index >= 15 is 0 Å². The van der Waals surface area contributed by atoms with Crippen LogP contribution in [0.4, 0.5) is 5.69 Å². The zero-order valence-electron chi connectivity index (χ0n) is 8.71. The third kappa shape index (κ3) is 3.03. The standard InChI is InChI=1S/C12H14N2O/c1-3-4-7-14-12(15)10-8-9(2)5-6-11(10)13/h1,5-6,8H,4,7,13H2,2H3,(H,14,15). The molecule has 0 atom stereocenters. The average molecular weight is 202 g/mol. The highest BCUT2D eigenvalue weighted by Crippen LogP contribution is 2.13. The number of aryl methyl sites for hydroxylation is 1. The van der Waals surface area contributed by atoms with E-state index in [1.54, 1.807) is 12.1 Å². The third-order valence-electron chi connectivity index (χ3n) is 2.01. The molecule has 0 unspecified atom stereocenters. The van der Waals surface area contributed by atoms with Crippen LogP contribution in [0.3, 0.4) is 0 Å². The van der Waals surface area contributed by atoms with Gasteiger partial charge in [0.15, 0.2) is 0 Å². The Morgan fingerprint density at radius 1 is 1.60 bits per heavy atom. The maximum absolute atomic E-state index is 11.6. The van der Waals surface area contributed by atoms with Crippen LogP contribution < -0.4 is 11.1 Å². The monoisotopic (exact) mass is 202 g/mol. The van der Waals surface area contributed by atoms with Crippen molar-refractivity contribution in [1.29, 1.82) is 0 Å². The Hall–Kier alpha value is -1.95. The number of nitrogens with one attached hydrogen (secondary N) is 1. The second kappa shape index (κ2) is 5.06. The maximum Gasteiger partial charge on any atom is 0.253 e. The van der Waals surface area contributed by atoms with Crippen LogP contribution in [0.2, 0.25) is 0 Å². The van der Waals surface area contributed by atoms with E-state index in [-0.39, 0.29) is 5.91 Å². The Morgan fingerprint density at radius 3 is 3.00 bits per heavy atom. The summed E-state index contributed by atoms with van der Waals surface area (Å²) in [5.41, 5.74) is 7.69. The molecule has 15 heavy (non-hydrogen) atoms. The summed E-state index contributed by atoms with van der Waals surface area (Å²) in [4.78, 5) is 11.6. The first-order valence-electron chi connectivity index (χ1n) is 4.73. The smallest absolute Gasteiger partial charge is 0.253 e. The number of benzene rings is 1. The van der Waals surface area contributed by atoms with Crippen LogP contribution in [0.5, 0.6) is 0 Å². The lowest BCUT2D eigenvalue weighted by Gasteiger charge is -2.06. The fraction of sp³-hybridized carbons (Fsp3) is 0.250. The van der Waals surface area contributed by atoms with E-state index in [1.165, 1.54) is 0 Å². The number of nitrogen functional groups attached to an aromatic ring is 1. The molecule has 1 rings (SSSR count). The van der Waals surface area contributed by atoms with Gasteiger partial charge in [0.1, 0.15) is 0 Å². The van der Waals surface area contributed by atoms with Crippen molar-refractivity contribution < 1.29 is 4.79 Å². The zero-order chi connectivity index (χ0) is 11.3. The van der Waals surface area contributed by atoms with Crippen molar-refractivity contribution in [2.45, 2.75) is 13.3 Å². The lowest BCUT2D eigenvalue weighted by molar-refractivity contribution is 0.0955. The summed E-state index contributed by atoms with van der Waals surface area (Å²) in [6, 6.07) is 5.36. The molecule has 78 valence electrons. The largest absolute Gasteiger partial charge is 0.398 e. The molecule has 0 saturated heterocycles. The van der Waals surface area contributed by atoms with Crippen molar-refractivity contribution >= 4 is 11.6 Å². The first-order chi connectivity index (χ1) is 7.15. The van der Waals surface area contributed by atoms with E-state index in [2.05, 4.69) is 11.2 Å². The molecule has 0 saturated carbocycles. The molecule has 0 bridgehead atoms. The van der Waals surface area contributed by atoms with Crippen molar-refractivity contribution in [1.82, 2.24) is 5.32 Å². The predicted molar refractivity (Wildman–Crippen MR) is 61.4 cm³/mol. The fourth-order valence-electron chi connectivity index (χ4n) is 1.21. The van der Waals surface area contributed by atoms with Gasteiger partial charge in [0, 0.05) is 18.7 Å². The number of carbonyl (C=O) groups excluding carboxylic acids is 1. The van der Waals surface area contributed by atoms with Gasteiger partial charge in [-0.3, -0.25) is 4.79 Å². The fourth-order valence-corrected chi connectivity index (χ4v) is 1.21. The number of hydrogen-bond donors (Lipinski definition) is 2. The summed E-state index contributed by atoms with van der Waals surface area (Å²) in [6.45, 7) is 2.39. The van der Waals surface area contributed by atoms with E-state index in [0.717, 1.165) is 5.56 Å². The van der Waals surface area contributed by atoms with Gasteiger partial charge in [0.2, 0.25) is 0 Å². The van der Waals surface area contributed by atoms with Crippen LogP contribution in [0.1, 0.15) is 22.3 Å². The van der Waals surface area contributed by atoms with Crippen LogP contribution in [0.15, 0.2) is 18.2 Å². The van der Waals surface area contributed by atoms with Crippen LogP contribution in [0, 0.1) is 19.3 Å². The van der Waals surface area contributed by atoms with Gasteiger partial charge in [0.25, 0.3) is 5.91 Å². The van der Waals surface area contributed by atoms with Gasteiger partial charge in [-0.1, -0.05) is 11.6 Å². The molecule has 0 aliphatic carbocycles. The third-order valence-corrected chi connectivity index (χ3v) is 2.01. The highest BCUT2D eigenvalue weighted by molar-refractivity contribution is 5.99. The molecule has 0 aromatic heterocycles. The molecule has 1 aromatic rings. The lowest BCUT2D eigenvalue weighted by atomic mass is 10.1. The van der Waals surface area contributed by atoms with Crippen LogP contribution in [0.25, 0.3) is 0 Å². The van der Waals surface area contributed by atoms with Gasteiger partial charge < -0.3 is 11.1 Å². The molecule has 1 amide bonds. The van der Waals surface area contributed by atoms with Gasteiger partial charge in [-0.2, -0.15) is 0 Å². The van der Waals surface area contributed by atoms with E-state index in [1.807, 2.05) is 13.0 Å². The van der Waals surface area contributed by atoms with Gasteiger partial charge in [-0.15, -0.1) is 12.3 Å². The van der Waals surface area contributed by atoms with E-state index < -0.39 is 0 Å². The van der Waals surface area contributed by atoms with Crippen LogP contribution in [-0.2, 0) is 0 Å². The average Bonchev–Trinajstić information content (AvgIpc) is 2.22. The number of amides is 1. The van der Waals surface area contributed by atoms with Gasteiger partial charge >= 0.3 is 0 Å². The van der Waals surface area contributed by atoms with Crippen molar-refractivity contribution in [2.75, 3.05) is 12.3 Å². The number of carbonyl (C=O) groups is 1. The van der Waals surface area contributed by atoms with E-state index in [4.69, 9.17) is 12.2 Å². The zero-order valence-corrected chi connectivity index (χ0v) is 8.71. The second-order valence-electron chi connectivity index (χ2n) is 3.30. The maximum atomic E-state index is 11.6. The number of hydrogen-bond acceptors (Lipinski definition) is 2. The molecule has 3 N–H and O–H groups in total. The Kier molecular flexibility index (Phi) is 3.75. The molecule has 1 aromatic carbocycles. The summed E-state index contributed by atoms with van der Waals surface area (Å²) in [5, 5.41) is 2.71. The minimum atomic E-state index is -0.175. The predicted octanol–water partition coefficient (Wildman–Crippen LogP) is 1.33.